The van der Waals surface area contributed by atoms with E-state index in [4.69, 9.17) is 12.2 Å². The molecule has 0 N–H and O–H groups in total. The van der Waals surface area contributed by atoms with Crippen LogP contribution in [-0.4, -0.2) is 17.0 Å². The first kappa shape index (κ1) is 21.5. The summed E-state index contributed by atoms with van der Waals surface area (Å²) in [5.41, 5.74) is 5.30. The molecule has 2 aromatic rings. The van der Waals surface area contributed by atoms with E-state index in [1.165, 1.54) is 49.7 Å². The van der Waals surface area contributed by atoms with Gasteiger partial charge in [0.1, 0.15) is 0 Å². The van der Waals surface area contributed by atoms with Gasteiger partial charge in [-0.15, -0.1) is 0 Å². The quantitative estimate of drug-likeness (QED) is 0.341. The number of hydrogen-bond acceptors (Lipinski definition) is 1. The Morgan fingerprint density at radius 3 is 1.83 bits per heavy atom. The van der Waals surface area contributed by atoms with Crippen LogP contribution in [0.5, 0.6) is 0 Å². The van der Waals surface area contributed by atoms with Gasteiger partial charge < -0.3 is 12.2 Å². The fraction of sp³-hybridized carbons (Fsp3) is 0.556. The molecule has 0 aromatic heterocycles. The highest BCUT2D eigenvalue weighted by molar-refractivity contribution is 8.43. The van der Waals surface area contributed by atoms with Gasteiger partial charge in [-0.2, -0.15) is 0 Å². The second-order valence-electron chi connectivity index (χ2n) is 10.1. The third-order valence-electron chi connectivity index (χ3n) is 7.82. The van der Waals surface area contributed by atoms with Crippen LogP contribution in [0.4, 0.5) is 0 Å². The van der Waals surface area contributed by atoms with Crippen LogP contribution in [0, 0.1) is 17.8 Å². The maximum Gasteiger partial charge on any atom is 0.0585 e. The van der Waals surface area contributed by atoms with Crippen LogP contribution in [0.25, 0.3) is 0 Å². The Hall–Kier alpha value is -0.780. The average molecular weight is 425 g/mol. The molecule has 1 saturated carbocycles. The van der Waals surface area contributed by atoms with Crippen molar-refractivity contribution >= 4 is 18.7 Å². The summed E-state index contributed by atoms with van der Waals surface area (Å²) in [7, 11) is 0. The predicted octanol–water partition coefficient (Wildman–Crippen LogP) is 7.55. The predicted molar refractivity (Wildman–Crippen MR) is 132 cm³/mol. The van der Waals surface area contributed by atoms with Gasteiger partial charge in [0.25, 0.3) is 0 Å². The highest BCUT2D eigenvalue weighted by Gasteiger charge is 2.58. The third kappa shape index (κ3) is 4.47. The molecule has 156 valence electrons. The van der Waals surface area contributed by atoms with Gasteiger partial charge in [-0.25, -0.2) is 0 Å². The molecule has 0 nitrogen and oxygen atoms in total. The van der Waals surface area contributed by atoms with Crippen molar-refractivity contribution in [1.29, 1.82) is 0 Å². The van der Waals surface area contributed by atoms with Crippen molar-refractivity contribution in [1.82, 2.24) is 0 Å². The van der Waals surface area contributed by atoms with Gasteiger partial charge in [-0.05, 0) is 41.7 Å². The zero-order valence-corrected chi connectivity index (χ0v) is 20.0. The van der Waals surface area contributed by atoms with Gasteiger partial charge in [-0.1, -0.05) is 94.3 Å². The highest BCUT2D eigenvalue weighted by Crippen LogP contribution is 2.82. The molecule has 0 amide bonds. The molecular formula is C27H37PS. The van der Waals surface area contributed by atoms with Crippen LogP contribution < -0.4 is 0 Å². The molecule has 1 aliphatic carbocycles. The molecule has 2 aromatic carbocycles. The molecular weight excluding hydrogens is 387 g/mol. The summed E-state index contributed by atoms with van der Waals surface area (Å²) in [6, 6.07) is 22.3. The van der Waals surface area contributed by atoms with Crippen molar-refractivity contribution in [3.05, 3.63) is 71.8 Å². The van der Waals surface area contributed by atoms with Crippen molar-refractivity contribution < 1.29 is 0 Å². The first-order chi connectivity index (χ1) is 14.0. The molecule has 4 unspecified atom stereocenters. The molecule has 2 fully saturated rings. The molecule has 1 saturated heterocycles. The smallest absolute Gasteiger partial charge is 0.0585 e. The molecule has 2 heteroatoms. The van der Waals surface area contributed by atoms with E-state index >= 15 is 0 Å². The minimum atomic E-state index is -1.43. The summed E-state index contributed by atoms with van der Waals surface area (Å²) in [6.07, 6.45) is 7.95. The first-order valence-corrected chi connectivity index (χ1v) is 14.7. The van der Waals surface area contributed by atoms with Crippen LogP contribution in [-0.2, 0) is 25.1 Å². The fourth-order valence-corrected chi connectivity index (χ4v) is 13.1. The maximum absolute atomic E-state index is 6.85. The van der Waals surface area contributed by atoms with Crippen molar-refractivity contribution in [3.63, 3.8) is 0 Å². The monoisotopic (exact) mass is 424 g/mol. The fourth-order valence-electron chi connectivity index (χ4n) is 6.19. The van der Waals surface area contributed by atoms with Crippen LogP contribution in [0.1, 0.15) is 57.6 Å². The van der Waals surface area contributed by atoms with E-state index in [1.54, 1.807) is 0 Å². The molecule has 0 bridgehead atoms. The van der Waals surface area contributed by atoms with Crippen LogP contribution >= 0.6 is 6.46 Å². The Kier molecular flexibility index (Phi) is 6.77. The lowest BCUT2D eigenvalue weighted by atomic mass is 9.77. The molecule has 0 radical (unpaired) electrons. The SMILES string of the molecule is CC1CCC(C(C)C)C([P+]2([S-])[C@H](Cc3ccccc3)C[C@@H]2Cc2ccccc2)C1. The van der Waals surface area contributed by atoms with Crippen LogP contribution in [0.2, 0.25) is 0 Å². The normalized spacial score (nSPS) is 34.7. The first-order valence-electron chi connectivity index (χ1n) is 11.7. The van der Waals surface area contributed by atoms with E-state index in [-0.39, 0.29) is 0 Å². The second-order valence-corrected chi connectivity index (χ2v) is 15.6. The topological polar surface area (TPSA) is 0 Å². The van der Waals surface area contributed by atoms with Gasteiger partial charge in [0.05, 0.1) is 17.0 Å². The molecule has 29 heavy (non-hydrogen) atoms. The summed E-state index contributed by atoms with van der Waals surface area (Å²) >= 11 is 6.85. The van der Waals surface area contributed by atoms with Crippen LogP contribution in [0.3, 0.4) is 0 Å². The Labute approximate surface area is 184 Å². The molecule has 1 heterocycles. The lowest BCUT2D eigenvalue weighted by Crippen LogP contribution is -2.49. The molecule has 0 spiro atoms. The molecule has 4 rings (SSSR count). The van der Waals surface area contributed by atoms with Crippen molar-refractivity contribution in [3.8, 4) is 0 Å². The summed E-state index contributed by atoms with van der Waals surface area (Å²) in [4.78, 5) is 0. The molecule has 2 aliphatic rings. The maximum atomic E-state index is 6.85. The lowest BCUT2D eigenvalue weighted by molar-refractivity contribution is 0.236. The third-order valence-corrected chi connectivity index (χ3v) is 15.1. The zero-order chi connectivity index (χ0) is 20.4. The Bertz CT molecular complexity index is 724. The zero-order valence-electron chi connectivity index (χ0n) is 18.3. The van der Waals surface area contributed by atoms with E-state index in [0.717, 1.165) is 34.7 Å². The minimum absolute atomic E-state index is 0.755. The Balaban J connectivity index is 1.62. The number of rotatable bonds is 6. The lowest BCUT2D eigenvalue weighted by Gasteiger charge is -2.62. The van der Waals surface area contributed by atoms with E-state index in [1.807, 2.05) is 0 Å². The molecule has 6 atom stereocenters. The molecule has 1 aliphatic heterocycles. The Morgan fingerprint density at radius 1 is 0.828 bits per heavy atom. The Morgan fingerprint density at radius 2 is 1.34 bits per heavy atom. The van der Waals surface area contributed by atoms with Gasteiger partial charge in [-0.3, -0.25) is 0 Å². The van der Waals surface area contributed by atoms with E-state index < -0.39 is 6.46 Å². The van der Waals surface area contributed by atoms with Gasteiger partial charge in [0, 0.05) is 19.3 Å². The standard InChI is InChI=1S/C27H37PS/c1-20(2)26-15-14-21(3)16-27(26)28(29)24(17-22-10-6-4-7-11-22)19-25(28)18-23-12-8-5-9-13-23/h4-13,20-21,24-27H,14-19H2,1-3H3/t21?,24-,25+,26?,27?,28?. The van der Waals surface area contributed by atoms with Gasteiger partial charge in [0.15, 0.2) is 0 Å². The van der Waals surface area contributed by atoms with Gasteiger partial charge in [0.2, 0.25) is 0 Å². The van der Waals surface area contributed by atoms with Crippen molar-refractivity contribution in [2.45, 2.75) is 76.3 Å². The summed E-state index contributed by atoms with van der Waals surface area (Å²) < 4.78 is 0. The largest absolute Gasteiger partial charge is 0.556 e. The average Bonchev–Trinajstić information content (AvgIpc) is 2.73. The minimum Gasteiger partial charge on any atom is -0.556 e. The van der Waals surface area contributed by atoms with E-state index in [2.05, 4.69) is 81.4 Å². The number of benzene rings is 2. The van der Waals surface area contributed by atoms with Gasteiger partial charge >= 0.3 is 0 Å². The second kappa shape index (κ2) is 9.15. The summed E-state index contributed by atoms with van der Waals surface area (Å²) in [5, 5.41) is 0. The summed E-state index contributed by atoms with van der Waals surface area (Å²) in [6.45, 7) is 5.95. The van der Waals surface area contributed by atoms with Crippen molar-refractivity contribution in [2.75, 3.05) is 0 Å². The van der Waals surface area contributed by atoms with Crippen molar-refractivity contribution in [2.24, 2.45) is 17.8 Å². The van der Waals surface area contributed by atoms with Crippen LogP contribution in [0.15, 0.2) is 60.7 Å². The van der Waals surface area contributed by atoms with E-state index in [9.17, 15) is 0 Å². The van der Waals surface area contributed by atoms with E-state index in [0.29, 0.717) is 0 Å². The summed E-state index contributed by atoms with van der Waals surface area (Å²) in [5.74, 6) is 2.46. The highest BCUT2D eigenvalue weighted by atomic mass is 32.7. The number of hydrogen-bond donors (Lipinski definition) is 0.